The summed E-state index contributed by atoms with van der Waals surface area (Å²) >= 11 is 0. The first-order chi connectivity index (χ1) is 8.44. The summed E-state index contributed by atoms with van der Waals surface area (Å²) in [4.78, 5) is 0. The van der Waals surface area contributed by atoms with E-state index in [2.05, 4.69) is 10.2 Å². The Morgan fingerprint density at radius 2 is 2.00 bits per heavy atom. The molecule has 8 heteroatoms. The van der Waals surface area contributed by atoms with Crippen molar-refractivity contribution in [3.8, 4) is 0 Å². The molecule has 0 saturated heterocycles. The first kappa shape index (κ1) is 13.1. The van der Waals surface area contributed by atoms with E-state index in [0.717, 1.165) is 5.69 Å². The van der Waals surface area contributed by atoms with E-state index < -0.39 is 7.60 Å². The van der Waals surface area contributed by atoms with Crippen LogP contribution >= 0.6 is 7.60 Å². The van der Waals surface area contributed by atoms with Gasteiger partial charge in [-0.1, -0.05) is 4.68 Å². The van der Waals surface area contributed by atoms with E-state index in [1.165, 1.54) is 14.2 Å². The Labute approximate surface area is 105 Å². The standard InChI is InChI=1S/C10H16N4O3P/c1-7-9(18(15,16-4)17-5)8-6-11-14(3)10(8)12-13(7)2/h6H,1-5H3/q+1. The average Bonchev–Trinajstić information content (AvgIpc) is 2.71. The van der Waals surface area contributed by atoms with Crippen molar-refractivity contribution in [2.45, 2.75) is 6.92 Å². The minimum atomic E-state index is -3.34. The highest BCUT2D eigenvalue weighted by Crippen LogP contribution is 2.47. The highest BCUT2D eigenvalue weighted by atomic mass is 31.2. The molecule has 0 radical (unpaired) electrons. The largest absolute Gasteiger partial charge is 0.368 e. The zero-order chi connectivity index (χ0) is 13.5. The van der Waals surface area contributed by atoms with Crippen LogP contribution < -0.4 is 9.99 Å². The molecule has 2 aromatic rings. The molecule has 2 aromatic heterocycles. The van der Waals surface area contributed by atoms with Crippen LogP contribution in [0.1, 0.15) is 5.69 Å². The maximum atomic E-state index is 12.6. The van der Waals surface area contributed by atoms with Crippen LogP contribution in [0.5, 0.6) is 0 Å². The summed E-state index contributed by atoms with van der Waals surface area (Å²) in [5, 5.41) is 9.68. The average molecular weight is 271 g/mol. The van der Waals surface area contributed by atoms with Gasteiger partial charge in [-0.15, -0.1) is 0 Å². The van der Waals surface area contributed by atoms with Gasteiger partial charge >= 0.3 is 7.60 Å². The molecule has 0 unspecified atom stereocenters. The van der Waals surface area contributed by atoms with E-state index in [1.807, 2.05) is 6.92 Å². The van der Waals surface area contributed by atoms with E-state index >= 15 is 0 Å². The quantitative estimate of drug-likeness (QED) is 0.589. The Morgan fingerprint density at radius 1 is 1.39 bits per heavy atom. The third-order valence-electron chi connectivity index (χ3n) is 2.99. The molecule has 0 aliphatic carbocycles. The number of nitrogens with zero attached hydrogens (tertiary/aromatic N) is 4. The highest BCUT2D eigenvalue weighted by molar-refractivity contribution is 7.62. The van der Waals surface area contributed by atoms with E-state index in [9.17, 15) is 4.57 Å². The Balaban J connectivity index is 2.92. The predicted molar refractivity (Wildman–Crippen MR) is 65.7 cm³/mol. The van der Waals surface area contributed by atoms with Gasteiger partial charge in [-0.05, 0) is 0 Å². The topological polar surface area (TPSA) is 70.1 Å². The monoisotopic (exact) mass is 271 g/mol. The molecule has 7 nitrogen and oxygen atoms in total. The van der Waals surface area contributed by atoms with Gasteiger partial charge in [0.15, 0.2) is 7.05 Å². The SMILES string of the molecule is COP(=O)(OC)c1c(C)[n+](C)nc2c1cnn2C. The van der Waals surface area contributed by atoms with Gasteiger partial charge in [0.25, 0.3) is 0 Å². The summed E-state index contributed by atoms with van der Waals surface area (Å²) in [6.07, 6.45) is 1.62. The molecule has 0 amide bonds. The molecule has 0 fully saturated rings. The van der Waals surface area contributed by atoms with Crippen LogP contribution in [0.15, 0.2) is 6.20 Å². The van der Waals surface area contributed by atoms with Crippen molar-refractivity contribution in [2.75, 3.05) is 14.2 Å². The molecule has 2 heterocycles. The number of hydrogen-bond donors (Lipinski definition) is 0. The summed E-state index contributed by atoms with van der Waals surface area (Å²) in [6.45, 7) is 1.82. The lowest BCUT2D eigenvalue weighted by Crippen LogP contribution is -2.42. The van der Waals surface area contributed by atoms with Gasteiger partial charge in [0.1, 0.15) is 5.30 Å². The van der Waals surface area contributed by atoms with Crippen molar-refractivity contribution >= 4 is 23.9 Å². The third-order valence-corrected chi connectivity index (χ3v) is 5.06. The number of rotatable bonds is 3. The number of aromatic nitrogens is 4. The maximum absolute atomic E-state index is 12.6. The second-order valence-electron chi connectivity index (χ2n) is 3.93. The van der Waals surface area contributed by atoms with Crippen LogP contribution in [0.4, 0.5) is 0 Å². The second kappa shape index (κ2) is 4.42. The van der Waals surface area contributed by atoms with Crippen molar-refractivity contribution < 1.29 is 18.3 Å². The fourth-order valence-electron chi connectivity index (χ4n) is 1.88. The van der Waals surface area contributed by atoms with Crippen LogP contribution in [-0.4, -0.2) is 29.1 Å². The summed E-state index contributed by atoms with van der Waals surface area (Å²) in [7, 11) is 2.95. The van der Waals surface area contributed by atoms with Crippen molar-refractivity contribution in [1.29, 1.82) is 0 Å². The Bertz CT molecular complexity index is 644. The lowest BCUT2D eigenvalue weighted by atomic mass is 10.3. The van der Waals surface area contributed by atoms with Crippen LogP contribution in [0.25, 0.3) is 11.0 Å². The van der Waals surface area contributed by atoms with Gasteiger partial charge in [0, 0.05) is 33.3 Å². The fourth-order valence-corrected chi connectivity index (χ4v) is 3.39. The molecular formula is C10H16N4O3P+. The molecular weight excluding hydrogens is 255 g/mol. The molecule has 0 N–H and O–H groups in total. The molecule has 0 atom stereocenters. The molecule has 98 valence electrons. The Hall–Kier alpha value is -1.30. The van der Waals surface area contributed by atoms with Crippen LogP contribution in [-0.2, 0) is 27.7 Å². The van der Waals surface area contributed by atoms with Crippen LogP contribution in [0.2, 0.25) is 0 Å². The van der Waals surface area contributed by atoms with Crippen molar-refractivity contribution in [1.82, 2.24) is 14.9 Å². The van der Waals surface area contributed by atoms with Crippen molar-refractivity contribution in [3.05, 3.63) is 11.9 Å². The third kappa shape index (κ3) is 1.75. The number of hydrogen-bond acceptors (Lipinski definition) is 5. The molecule has 0 aliphatic rings. The molecule has 0 spiro atoms. The number of fused-ring (bicyclic) bond motifs is 1. The van der Waals surface area contributed by atoms with Crippen molar-refractivity contribution in [3.63, 3.8) is 0 Å². The highest BCUT2D eigenvalue weighted by Gasteiger charge is 2.35. The lowest BCUT2D eigenvalue weighted by Gasteiger charge is -2.14. The zero-order valence-electron chi connectivity index (χ0n) is 11.0. The Kier molecular flexibility index (Phi) is 3.23. The normalized spacial score (nSPS) is 12.3. The van der Waals surface area contributed by atoms with Crippen LogP contribution in [0.3, 0.4) is 0 Å². The van der Waals surface area contributed by atoms with Gasteiger partial charge < -0.3 is 9.05 Å². The molecule has 18 heavy (non-hydrogen) atoms. The summed E-state index contributed by atoms with van der Waals surface area (Å²) in [6, 6.07) is 0. The minimum Gasteiger partial charge on any atom is -0.308 e. The van der Waals surface area contributed by atoms with Gasteiger partial charge in [-0.25, -0.2) is 4.68 Å². The number of aryl methyl sites for hydroxylation is 2. The van der Waals surface area contributed by atoms with Gasteiger partial charge in [0.2, 0.25) is 11.3 Å². The molecule has 0 bridgehead atoms. The maximum Gasteiger partial charge on any atom is 0.368 e. The minimum absolute atomic E-state index is 0.508. The van der Waals surface area contributed by atoms with Gasteiger partial charge in [-0.3, -0.25) is 4.57 Å². The molecule has 0 aromatic carbocycles. The zero-order valence-corrected chi connectivity index (χ0v) is 11.9. The summed E-state index contributed by atoms with van der Waals surface area (Å²) in [5.41, 5.74) is 1.36. The first-order valence-electron chi connectivity index (χ1n) is 5.35. The fraction of sp³-hybridized carbons (Fsp3) is 0.500. The molecule has 2 rings (SSSR count). The second-order valence-corrected chi connectivity index (χ2v) is 6.10. The lowest BCUT2D eigenvalue weighted by molar-refractivity contribution is -0.733. The van der Waals surface area contributed by atoms with E-state index in [0.29, 0.717) is 16.3 Å². The molecule has 0 saturated carbocycles. The van der Waals surface area contributed by atoms with Gasteiger partial charge in [0.05, 0.1) is 11.6 Å². The van der Waals surface area contributed by atoms with Gasteiger partial charge in [-0.2, -0.15) is 5.10 Å². The van der Waals surface area contributed by atoms with Crippen molar-refractivity contribution in [2.24, 2.45) is 14.1 Å². The summed E-state index contributed by atoms with van der Waals surface area (Å²) < 4.78 is 26.1. The van der Waals surface area contributed by atoms with Crippen LogP contribution in [0, 0.1) is 6.92 Å². The van der Waals surface area contributed by atoms with E-state index in [4.69, 9.17) is 9.05 Å². The van der Waals surface area contributed by atoms with E-state index in [1.54, 1.807) is 29.7 Å². The first-order valence-corrected chi connectivity index (χ1v) is 6.89. The smallest absolute Gasteiger partial charge is 0.308 e. The van der Waals surface area contributed by atoms with E-state index in [-0.39, 0.29) is 0 Å². The molecule has 0 aliphatic heterocycles. The predicted octanol–water partition coefficient (Wildman–Crippen LogP) is 0.212. The Morgan fingerprint density at radius 3 is 2.56 bits per heavy atom. The summed E-state index contributed by atoms with van der Waals surface area (Å²) in [5.74, 6) is 0.